The molecule has 3 heteroatoms. The molecule has 0 bridgehead atoms. The minimum absolute atomic E-state index is 0.176. The van der Waals surface area contributed by atoms with Crippen LogP contribution in [0.25, 0.3) is 6.08 Å². The Balaban J connectivity index is 2.35. The van der Waals surface area contributed by atoms with E-state index in [9.17, 15) is 4.79 Å². The molecule has 0 atom stereocenters. The van der Waals surface area contributed by atoms with Crippen LogP contribution in [-0.2, 0) is 4.79 Å². The summed E-state index contributed by atoms with van der Waals surface area (Å²) in [5, 5.41) is 0. The summed E-state index contributed by atoms with van der Waals surface area (Å²) in [7, 11) is 0. The Kier molecular flexibility index (Phi) is 8.92. The first-order chi connectivity index (χ1) is 9.76. The molecule has 0 unspecified atom stereocenters. The van der Waals surface area contributed by atoms with Crippen molar-refractivity contribution in [2.45, 2.75) is 11.0 Å². The summed E-state index contributed by atoms with van der Waals surface area (Å²) in [6, 6.07) is 10.1. The Morgan fingerprint density at radius 3 is 2.35 bits per heavy atom. The van der Waals surface area contributed by atoms with Gasteiger partial charge in [-0.05, 0) is 24.2 Å². The van der Waals surface area contributed by atoms with Gasteiger partial charge in [-0.3, -0.25) is 4.79 Å². The summed E-state index contributed by atoms with van der Waals surface area (Å²) in [6.07, 6.45) is 15.9. The maximum absolute atomic E-state index is 11.7. The van der Waals surface area contributed by atoms with Gasteiger partial charge >= 0.3 is 0 Å². The van der Waals surface area contributed by atoms with E-state index in [4.69, 9.17) is 0 Å². The van der Waals surface area contributed by atoms with Gasteiger partial charge in [-0.2, -0.15) is 23.5 Å². The van der Waals surface area contributed by atoms with E-state index < -0.39 is 0 Å². The van der Waals surface area contributed by atoms with Gasteiger partial charge in [-0.15, -0.1) is 0 Å². The van der Waals surface area contributed by atoms with Crippen LogP contribution in [-0.4, -0.2) is 22.9 Å². The highest BCUT2D eigenvalue weighted by Gasteiger charge is 2.08. The van der Waals surface area contributed by atoms with E-state index in [1.54, 1.807) is 35.7 Å². The first-order valence-electron chi connectivity index (χ1n) is 6.41. The fourth-order valence-corrected chi connectivity index (χ4v) is 2.95. The van der Waals surface area contributed by atoms with Gasteiger partial charge in [-0.1, -0.05) is 60.7 Å². The van der Waals surface area contributed by atoms with Crippen LogP contribution in [0.2, 0.25) is 0 Å². The minimum Gasteiger partial charge on any atom is -0.295 e. The molecule has 0 spiro atoms. The Labute approximate surface area is 130 Å². The summed E-state index contributed by atoms with van der Waals surface area (Å²) in [5.74, 6) is 0.176. The molecule has 0 N–H and O–H groups in total. The normalized spacial score (nSPS) is 12.2. The molecule has 1 aromatic rings. The maximum atomic E-state index is 11.7. The third-order valence-electron chi connectivity index (χ3n) is 2.60. The first kappa shape index (κ1) is 16.9. The van der Waals surface area contributed by atoms with E-state index in [-0.39, 0.29) is 5.78 Å². The second kappa shape index (κ2) is 10.6. The van der Waals surface area contributed by atoms with E-state index in [0.29, 0.717) is 11.0 Å². The Bertz CT molecular complexity index is 471. The molecule has 20 heavy (non-hydrogen) atoms. The Morgan fingerprint density at radius 2 is 1.70 bits per heavy atom. The lowest BCUT2D eigenvalue weighted by Crippen LogP contribution is -2.03. The van der Waals surface area contributed by atoms with Gasteiger partial charge in [0.15, 0.2) is 5.78 Å². The number of benzene rings is 1. The minimum atomic E-state index is 0.176. The van der Waals surface area contributed by atoms with Crippen LogP contribution in [0.1, 0.15) is 12.0 Å². The quantitative estimate of drug-likeness (QED) is 0.389. The molecule has 0 saturated heterocycles. The van der Waals surface area contributed by atoms with E-state index in [0.717, 1.165) is 0 Å². The molecule has 106 valence electrons. The van der Waals surface area contributed by atoms with Crippen molar-refractivity contribution in [1.82, 2.24) is 0 Å². The number of ketones is 1. The number of hydrogen-bond donors (Lipinski definition) is 0. The number of rotatable bonds is 8. The molecule has 1 aromatic carbocycles. The van der Waals surface area contributed by atoms with Crippen molar-refractivity contribution >= 4 is 35.4 Å². The summed E-state index contributed by atoms with van der Waals surface area (Å²) in [6.45, 7) is 0. The van der Waals surface area contributed by atoms with Crippen molar-refractivity contribution in [1.29, 1.82) is 0 Å². The number of thioether (sulfide) groups is 2. The number of carbonyl (C=O) groups excluding carboxylic acids is 1. The molecule has 0 aromatic heterocycles. The highest BCUT2D eigenvalue weighted by Crippen LogP contribution is 2.22. The van der Waals surface area contributed by atoms with Crippen LogP contribution in [0.3, 0.4) is 0 Å². The van der Waals surface area contributed by atoms with Crippen molar-refractivity contribution in [3.8, 4) is 0 Å². The summed E-state index contributed by atoms with van der Waals surface area (Å²) in [4.78, 5) is 11.7. The van der Waals surface area contributed by atoms with Gasteiger partial charge in [-0.25, -0.2) is 0 Å². The number of carbonyl (C=O) groups is 1. The highest BCUT2D eigenvalue weighted by atomic mass is 32.2. The van der Waals surface area contributed by atoms with Gasteiger partial charge in [0.25, 0.3) is 0 Å². The lowest BCUT2D eigenvalue weighted by Gasteiger charge is -2.07. The van der Waals surface area contributed by atoms with Crippen molar-refractivity contribution < 1.29 is 4.79 Å². The standard InChI is InChI=1S/C17H20OS2/c1-19-17(20-2)14-16(18)13-9-4-3-6-10-15-11-7-5-8-12-15/h3-13,17H,14H2,1-2H3/b4-3+,10-6+,13-9+. The van der Waals surface area contributed by atoms with E-state index in [1.165, 1.54) is 5.56 Å². The molecule has 1 rings (SSSR count). The molecule has 0 saturated carbocycles. The third-order valence-corrected chi connectivity index (χ3v) is 5.14. The largest absolute Gasteiger partial charge is 0.295 e. The average Bonchev–Trinajstić information content (AvgIpc) is 2.49. The van der Waals surface area contributed by atoms with E-state index in [2.05, 4.69) is 12.1 Å². The van der Waals surface area contributed by atoms with Crippen LogP contribution in [0.15, 0.2) is 60.7 Å². The zero-order valence-electron chi connectivity index (χ0n) is 11.9. The van der Waals surface area contributed by atoms with Gasteiger partial charge in [0.1, 0.15) is 0 Å². The summed E-state index contributed by atoms with van der Waals surface area (Å²) < 4.78 is 0.356. The predicted octanol–water partition coefficient (Wildman–Crippen LogP) is 4.82. The SMILES string of the molecule is CSC(CC(=O)/C=C/C=C/C=C/c1ccccc1)SC. The zero-order valence-corrected chi connectivity index (χ0v) is 13.5. The fraction of sp³-hybridized carbons (Fsp3) is 0.235. The molecule has 0 radical (unpaired) electrons. The van der Waals surface area contributed by atoms with Crippen LogP contribution in [0, 0.1) is 0 Å². The smallest absolute Gasteiger partial charge is 0.157 e. The fourth-order valence-electron chi connectivity index (χ4n) is 1.52. The van der Waals surface area contributed by atoms with Crippen LogP contribution < -0.4 is 0 Å². The molecule has 0 heterocycles. The topological polar surface area (TPSA) is 17.1 Å². The van der Waals surface area contributed by atoms with Crippen molar-refractivity contribution in [3.63, 3.8) is 0 Å². The van der Waals surface area contributed by atoms with Crippen molar-refractivity contribution in [3.05, 3.63) is 66.3 Å². The van der Waals surface area contributed by atoms with Crippen molar-refractivity contribution in [2.24, 2.45) is 0 Å². The Hall–Kier alpha value is -1.19. The van der Waals surface area contributed by atoms with Crippen LogP contribution in [0.5, 0.6) is 0 Å². The molecule has 0 aliphatic rings. The lowest BCUT2D eigenvalue weighted by molar-refractivity contribution is -0.114. The molecule has 0 aliphatic carbocycles. The zero-order chi connectivity index (χ0) is 14.6. The Morgan fingerprint density at radius 1 is 1.05 bits per heavy atom. The third kappa shape index (κ3) is 7.41. The van der Waals surface area contributed by atoms with Gasteiger partial charge in [0.05, 0.1) is 4.58 Å². The van der Waals surface area contributed by atoms with E-state index in [1.807, 2.05) is 55.0 Å². The molecule has 0 amide bonds. The number of allylic oxidation sites excluding steroid dienone is 5. The highest BCUT2D eigenvalue weighted by molar-refractivity contribution is 8.16. The van der Waals surface area contributed by atoms with Crippen LogP contribution >= 0.6 is 23.5 Å². The maximum Gasteiger partial charge on any atom is 0.157 e. The predicted molar refractivity (Wildman–Crippen MR) is 94.2 cm³/mol. The molecular weight excluding hydrogens is 284 g/mol. The van der Waals surface area contributed by atoms with Crippen molar-refractivity contribution in [2.75, 3.05) is 12.5 Å². The molecule has 1 nitrogen and oxygen atoms in total. The molecule has 0 aliphatic heterocycles. The van der Waals surface area contributed by atoms with Gasteiger partial charge < -0.3 is 0 Å². The second-order valence-electron chi connectivity index (χ2n) is 4.09. The second-order valence-corrected chi connectivity index (χ2v) is 6.46. The van der Waals surface area contributed by atoms with E-state index >= 15 is 0 Å². The van der Waals surface area contributed by atoms with Gasteiger partial charge in [0, 0.05) is 6.42 Å². The van der Waals surface area contributed by atoms with Crippen LogP contribution in [0.4, 0.5) is 0 Å². The summed E-state index contributed by atoms with van der Waals surface area (Å²) in [5.41, 5.74) is 1.17. The molecule has 0 fully saturated rings. The van der Waals surface area contributed by atoms with Gasteiger partial charge in [0.2, 0.25) is 0 Å². The number of hydrogen-bond acceptors (Lipinski definition) is 3. The molecular formula is C17H20OS2. The first-order valence-corrected chi connectivity index (χ1v) is 8.98. The summed E-state index contributed by atoms with van der Waals surface area (Å²) >= 11 is 3.44. The lowest BCUT2D eigenvalue weighted by atomic mass is 10.2. The average molecular weight is 304 g/mol. The monoisotopic (exact) mass is 304 g/mol.